The normalized spacial score (nSPS) is 12.3. The molecule has 0 aliphatic rings. The van der Waals surface area contributed by atoms with E-state index in [2.05, 4.69) is 10.3 Å². The maximum Gasteiger partial charge on any atom is 0.416 e. The summed E-state index contributed by atoms with van der Waals surface area (Å²) in [5.41, 5.74) is 0.663. The maximum atomic E-state index is 12.7. The number of benzene rings is 2. The van der Waals surface area contributed by atoms with Crippen LogP contribution in [0.1, 0.15) is 23.6 Å². The summed E-state index contributed by atoms with van der Waals surface area (Å²) in [6, 6.07) is 11.1. The van der Waals surface area contributed by atoms with E-state index < -0.39 is 21.8 Å². The molecule has 0 aromatic heterocycles. The molecular weight excluding hydrogens is 532 g/mol. The number of aliphatic imine (C=N–C) groups is 1. The Hall–Kier alpha value is -1.86. The summed E-state index contributed by atoms with van der Waals surface area (Å²) in [6.45, 7) is 3.04. The van der Waals surface area contributed by atoms with Crippen LogP contribution >= 0.6 is 24.0 Å². The summed E-state index contributed by atoms with van der Waals surface area (Å²) in [5, 5.41) is 8.25. The molecule has 0 aliphatic heterocycles. The third-order valence-electron chi connectivity index (χ3n) is 4.04. The number of hydrogen-bond donors (Lipinski definition) is 2. The molecule has 2 rings (SSSR count). The van der Waals surface area contributed by atoms with Crippen molar-refractivity contribution in [1.29, 1.82) is 0 Å². The molecule has 2 aromatic carbocycles. The molecule has 3 N–H and O–H groups in total. The van der Waals surface area contributed by atoms with Gasteiger partial charge in [-0.05, 0) is 42.3 Å². The number of sulfonamides is 1. The van der Waals surface area contributed by atoms with Crippen LogP contribution in [0.15, 0.2) is 58.4 Å². The second kappa shape index (κ2) is 11.0. The number of nitrogens with zero attached hydrogens (tertiary/aromatic N) is 2. The number of nitrogens with two attached hydrogens (primary N) is 1. The fraction of sp³-hybridized carbons (Fsp3) is 0.316. The standard InChI is InChI=1S/C19H23F3N4O2S.HI/c1-3-24-18(25-12-15-5-4-6-17(11-15)29(23,27)28)26(2)13-14-7-9-16(10-8-14)19(20,21)22;/h4-11H,3,12-13H2,1-2H3,(H,24,25)(H2,23,27,28);1H. The average molecular weight is 556 g/mol. The second-order valence-electron chi connectivity index (χ2n) is 6.41. The smallest absolute Gasteiger partial charge is 0.357 e. The first-order chi connectivity index (χ1) is 13.5. The zero-order valence-electron chi connectivity index (χ0n) is 16.5. The highest BCUT2D eigenvalue weighted by Gasteiger charge is 2.29. The molecule has 0 radical (unpaired) electrons. The zero-order chi connectivity index (χ0) is 21.7. The molecule has 0 aliphatic carbocycles. The predicted octanol–water partition coefficient (Wildman–Crippen LogP) is 3.57. The quantitative estimate of drug-likeness (QED) is 0.324. The monoisotopic (exact) mass is 556 g/mol. The van der Waals surface area contributed by atoms with Crippen molar-refractivity contribution in [3.63, 3.8) is 0 Å². The van der Waals surface area contributed by atoms with Gasteiger partial charge >= 0.3 is 6.18 Å². The van der Waals surface area contributed by atoms with Crippen molar-refractivity contribution in [3.8, 4) is 0 Å². The van der Waals surface area contributed by atoms with Crippen LogP contribution in [0.25, 0.3) is 0 Å². The van der Waals surface area contributed by atoms with E-state index in [1.807, 2.05) is 6.92 Å². The van der Waals surface area contributed by atoms with Gasteiger partial charge in [0.25, 0.3) is 0 Å². The lowest BCUT2D eigenvalue weighted by Gasteiger charge is -2.22. The molecule has 2 aromatic rings. The predicted molar refractivity (Wildman–Crippen MR) is 121 cm³/mol. The SMILES string of the molecule is CCNC(=NCc1cccc(S(N)(=O)=O)c1)N(C)Cc1ccc(C(F)(F)F)cc1.I. The van der Waals surface area contributed by atoms with Gasteiger partial charge in [-0.1, -0.05) is 24.3 Å². The third-order valence-corrected chi connectivity index (χ3v) is 4.95. The minimum atomic E-state index is -4.37. The van der Waals surface area contributed by atoms with Gasteiger partial charge in [-0.25, -0.2) is 18.5 Å². The largest absolute Gasteiger partial charge is 0.416 e. The molecule has 0 unspecified atom stereocenters. The lowest BCUT2D eigenvalue weighted by atomic mass is 10.1. The van der Waals surface area contributed by atoms with Gasteiger partial charge in [0, 0.05) is 20.1 Å². The second-order valence-corrected chi connectivity index (χ2v) is 7.97. The number of nitrogens with one attached hydrogen (secondary N) is 1. The molecule has 0 saturated carbocycles. The van der Waals surface area contributed by atoms with Gasteiger partial charge in [-0.2, -0.15) is 13.2 Å². The Morgan fingerprint density at radius 1 is 1.13 bits per heavy atom. The summed E-state index contributed by atoms with van der Waals surface area (Å²) in [4.78, 5) is 6.26. The van der Waals surface area contributed by atoms with E-state index >= 15 is 0 Å². The molecule has 166 valence electrons. The summed E-state index contributed by atoms with van der Waals surface area (Å²) in [7, 11) is -2.04. The Balaban J connectivity index is 0.00000450. The fourth-order valence-corrected chi connectivity index (χ4v) is 3.19. The van der Waals surface area contributed by atoms with Gasteiger partial charge in [0.15, 0.2) is 5.96 Å². The molecule has 0 heterocycles. The van der Waals surface area contributed by atoms with Gasteiger partial charge in [0.05, 0.1) is 17.0 Å². The number of rotatable bonds is 6. The lowest BCUT2D eigenvalue weighted by molar-refractivity contribution is -0.137. The van der Waals surface area contributed by atoms with Gasteiger partial charge in [-0.15, -0.1) is 24.0 Å². The minimum Gasteiger partial charge on any atom is -0.357 e. The van der Waals surface area contributed by atoms with Crippen molar-refractivity contribution in [3.05, 3.63) is 65.2 Å². The van der Waals surface area contributed by atoms with Crippen LogP contribution < -0.4 is 10.5 Å². The first-order valence-electron chi connectivity index (χ1n) is 8.78. The van der Waals surface area contributed by atoms with Gasteiger partial charge in [0.1, 0.15) is 0 Å². The zero-order valence-corrected chi connectivity index (χ0v) is 19.6. The molecule has 11 heteroatoms. The maximum absolute atomic E-state index is 12.7. The van der Waals surface area contributed by atoms with Gasteiger partial charge in [0.2, 0.25) is 10.0 Å². The summed E-state index contributed by atoms with van der Waals surface area (Å²) < 4.78 is 61.0. The molecular formula is C19H24F3IN4O2S. The number of alkyl halides is 3. The van der Waals surface area contributed by atoms with Crippen LogP contribution in [0.4, 0.5) is 13.2 Å². The highest BCUT2D eigenvalue weighted by molar-refractivity contribution is 14.0. The van der Waals surface area contributed by atoms with E-state index in [1.165, 1.54) is 24.3 Å². The van der Waals surface area contributed by atoms with Gasteiger partial charge in [-0.3, -0.25) is 0 Å². The van der Waals surface area contributed by atoms with Crippen molar-refractivity contribution in [2.45, 2.75) is 31.1 Å². The van der Waals surface area contributed by atoms with Crippen molar-refractivity contribution in [1.82, 2.24) is 10.2 Å². The van der Waals surface area contributed by atoms with E-state index in [9.17, 15) is 21.6 Å². The first kappa shape index (κ1) is 26.2. The fourth-order valence-electron chi connectivity index (χ4n) is 2.60. The Labute approximate surface area is 191 Å². The van der Waals surface area contributed by atoms with E-state index in [4.69, 9.17) is 5.14 Å². The van der Waals surface area contributed by atoms with Crippen LogP contribution in [-0.4, -0.2) is 32.9 Å². The highest BCUT2D eigenvalue weighted by Crippen LogP contribution is 2.29. The molecule has 6 nitrogen and oxygen atoms in total. The van der Waals surface area contributed by atoms with E-state index in [0.29, 0.717) is 30.2 Å². The van der Waals surface area contributed by atoms with Crippen molar-refractivity contribution in [2.24, 2.45) is 10.1 Å². The van der Waals surface area contributed by atoms with Crippen LogP contribution in [0.2, 0.25) is 0 Å². The van der Waals surface area contributed by atoms with Crippen LogP contribution in [-0.2, 0) is 29.3 Å². The third kappa shape index (κ3) is 7.76. The Kier molecular flexibility index (Phi) is 9.56. The van der Waals surface area contributed by atoms with Crippen LogP contribution in [0.5, 0.6) is 0 Å². The van der Waals surface area contributed by atoms with Crippen LogP contribution in [0, 0.1) is 0 Å². The average Bonchev–Trinajstić information content (AvgIpc) is 2.64. The first-order valence-corrected chi connectivity index (χ1v) is 10.3. The number of halogens is 4. The van der Waals surface area contributed by atoms with E-state index in [1.54, 1.807) is 24.1 Å². The molecule has 0 atom stereocenters. The minimum absolute atomic E-state index is 0. The van der Waals surface area contributed by atoms with Gasteiger partial charge < -0.3 is 10.2 Å². The highest BCUT2D eigenvalue weighted by atomic mass is 127. The molecule has 0 amide bonds. The molecule has 30 heavy (non-hydrogen) atoms. The number of primary sulfonamides is 1. The Morgan fingerprint density at radius 3 is 2.30 bits per heavy atom. The Bertz CT molecular complexity index is 964. The van der Waals surface area contributed by atoms with Crippen molar-refractivity contribution >= 4 is 40.0 Å². The van der Waals surface area contributed by atoms with E-state index in [0.717, 1.165) is 12.1 Å². The topological polar surface area (TPSA) is 87.8 Å². The molecule has 0 saturated heterocycles. The summed E-state index contributed by atoms with van der Waals surface area (Å²) in [5.74, 6) is 0.536. The molecule has 0 bridgehead atoms. The molecule has 0 fully saturated rings. The van der Waals surface area contributed by atoms with E-state index in [-0.39, 0.29) is 35.4 Å². The van der Waals surface area contributed by atoms with Crippen LogP contribution in [0.3, 0.4) is 0 Å². The summed E-state index contributed by atoms with van der Waals surface area (Å²) in [6.07, 6.45) is -4.37. The lowest BCUT2D eigenvalue weighted by Crippen LogP contribution is -2.38. The van der Waals surface area contributed by atoms with Crippen molar-refractivity contribution < 1.29 is 21.6 Å². The Morgan fingerprint density at radius 2 is 1.77 bits per heavy atom. The summed E-state index contributed by atoms with van der Waals surface area (Å²) >= 11 is 0. The molecule has 0 spiro atoms. The number of hydrogen-bond acceptors (Lipinski definition) is 3. The van der Waals surface area contributed by atoms with Crippen molar-refractivity contribution in [2.75, 3.05) is 13.6 Å². The number of guanidine groups is 1.